The molecule has 0 aromatic rings. The van der Waals surface area contributed by atoms with Gasteiger partial charge in [-0.15, -0.1) is 0 Å². The van der Waals surface area contributed by atoms with Crippen molar-refractivity contribution in [2.75, 3.05) is 0 Å². The van der Waals surface area contributed by atoms with Gasteiger partial charge in [0.25, 0.3) is 0 Å². The Hall–Kier alpha value is -0.310. The summed E-state index contributed by atoms with van der Waals surface area (Å²) in [7, 11) is 0. The predicted molar refractivity (Wildman–Crippen MR) is 47.0 cm³/mol. The van der Waals surface area contributed by atoms with Crippen molar-refractivity contribution in [1.82, 2.24) is 10.6 Å². The third kappa shape index (κ3) is 1.40. The van der Waals surface area contributed by atoms with Crippen LogP contribution in [0.5, 0.6) is 0 Å². The van der Waals surface area contributed by atoms with E-state index in [2.05, 4.69) is 24.5 Å². The van der Waals surface area contributed by atoms with Gasteiger partial charge in [0.05, 0.1) is 0 Å². The van der Waals surface area contributed by atoms with Crippen LogP contribution in [0.15, 0.2) is 0 Å². The number of nitrogens with one attached hydrogen (secondary N) is 2. The van der Waals surface area contributed by atoms with Crippen LogP contribution in [0.1, 0.15) is 26.7 Å². The molecule has 2 N–H and O–H groups in total. The van der Waals surface area contributed by atoms with Crippen molar-refractivity contribution in [1.29, 1.82) is 0 Å². The molecule has 0 bridgehead atoms. The van der Waals surface area contributed by atoms with Gasteiger partial charge in [-0.1, -0.05) is 13.8 Å². The molecule has 58 valence electrons. The van der Waals surface area contributed by atoms with Crippen LogP contribution >= 0.6 is 12.2 Å². The molecule has 10 heavy (non-hydrogen) atoms. The predicted octanol–water partition coefficient (Wildman–Crippen LogP) is 1.02. The molecule has 0 radical (unpaired) electrons. The lowest BCUT2D eigenvalue weighted by Gasteiger charge is -2.13. The van der Waals surface area contributed by atoms with Gasteiger partial charge in [-0.2, -0.15) is 0 Å². The summed E-state index contributed by atoms with van der Waals surface area (Å²) < 4.78 is 0. The molecule has 0 amide bonds. The summed E-state index contributed by atoms with van der Waals surface area (Å²) in [6.45, 7) is 4.35. The molecular weight excluding hydrogens is 144 g/mol. The zero-order chi connectivity index (χ0) is 7.56. The molecule has 1 fully saturated rings. The van der Waals surface area contributed by atoms with Crippen LogP contribution in [0.4, 0.5) is 0 Å². The van der Waals surface area contributed by atoms with Crippen molar-refractivity contribution < 1.29 is 0 Å². The molecule has 1 aliphatic rings. The highest BCUT2D eigenvalue weighted by atomic mass is 32.1. The van der Waals surface area contributed by atoms with E-state index in [-0.39, 0.29) is 0 Å². The number of hydrogen-bond donors (Lipinski definition) is 2. The highest BCUT2D eigenvalue weighted by molar-refractivity contribution is 7.80. The topological polar surface area (TPSA) is 24.1 Å². The van der Waals surface area contributed by atoms with E-state index in [1.807, 2.05) is 0 Å². The smallest absolute Gasteiger partial charge is 0.166 e. The Kier molecular flexibility index (Phi) is 2.49. The van der Waals surface area contributed by atoms with Crippen LogP contribution in [0.2, 0.25) is 0 Å². The summed E-state index contributed by atoms with van der Waals surface area (Å²) in [5.41, 5.74) is 0. The Morgan fingerprint density at radius 3 is 1.90 bits per heavy atom. The van der Waals surface area contributed by atoms with Gasteiger partial charge in [0.2, 0.25) is 0 Å². The maximum atomic E-state index is 4.98. The van der Waals surface area contributed by atoms with Crippen molar-refractivity contribution >= 4 is 17.3 Å². The Balaban J connectivity index is 2.48. The van der Waals surface area contributed by atoms with E-state index in [0.717, 1.165) is 18.0 Å². The summed E-state index contributed by atoms with van der Waals surface area (Å²) in [5, 5.41) is 7.27. The first kappa shape index (κ1) is 7.79. The minimum absolute atomic E-state index is 0.553. The zero-order valence-corrected chi connectivity index (χ0v) is 7.29. The zero-order valence-electron chi connectivity index (χ0n) is 6.48. The Bertz CT molecular complexity index is 122. The molecule has 1 aliphatic heterocycles. The standard InChI is InChI=1S/C7H14N2S/c1-3-5-6(4-2)9-7(10)8-5/h5-6H,3-4H2,1-2H3,(H2,8,9,10). The molecule has 1 heterocycles. The lowest BCUT2D eigenvalue weighted by Crippen LogP contribution is -2.31. The molecule has 0 saturated carbocycles. The van der Waals surface area contributed by atoms with Crippen LogP contribution in [0, 0.1) is 0 Å². The molecule has 1 rings (SSSR count). The van der Waals surface area contributed by atoms with Gasteiger partial charge in [-0.25, -0.2) is 0 Å². The fraction of sp³-hybridized carbons (Fsp3) is 0.857. The van der Waals surface area contributed by atoms with Crippen LogP contribution in [0.25, 0.3) is 0 Å². The van der Waals surface area contributed by atoms with Crippen LogP contribution < -0.4 is 10.6 Å². The summed E-state index contributed by atoms with van der Waals surface area (Å²) in [4.78, 5) is 0. The number of thiocarbonyl (C=S) groups is 1. The monoisotopic (exact) mass is 158 g/mol. The summed E-state index contributed by atoms with van der Waals surface area (Å²) in [6.07, 6.45) is 2.29. The molecule has 2 atom stereocenters. The first-order chi connectivity index (χ1) is 4.77. The lowest BCUT2D eigenvalue weighted by molar-refractivity contribution is 0.484. The minimum atomic E-state index is 0.553. The highest BCUT2D eigenvalue weighted by Gasteiger charge is 2.25. The molecule has 2 unspecified atom stereocenters. The lowest BCUT2D eigenvalue weighted by atomic mass is 10.1. The van der Waals surface area contributed by atoms with Gasteiger partial charge in [-0.3, -0.25) is 0 Å². The van der Waals surface area contributed by atoms with Gasteiger partial charge in [0.1, 0.15) is 0 Å². The van der Waals surface area contributed by atoms with Gasteiger partial charge in [0.15, 0.2) is 5.11 Å². The molecule has 0 aromatic carbocycles. The highest BCUT2D eigenvalue weighted by Crippen LogP contribution is 2.07. The molecule has 1 saturated heterocycles. The fourth-order valence-corrected chi connectivity index (χ4v) is 1.66. The number of rotatable bonds is 2. The second-order valence-electron chi connectivity index (χ2n) is 2.65. The second kappa shape index (κ2) is 3.19. The van der Waals surface area contributed by atoms with E-state index in [0.29, 0.717) is 12.1 Å². The van der Waals surface area contributed by atoms with E-state index < -0.39 is 0 Å². The largest absolute Gasteiger partial charge is 0.358 e. The van der Waals surface area contributed by atoms with Crippen molar-refractivity contribution in [2.45, 2.75) is 38.8 Å². The summed E-state index contributed by atoms with van der Waals surface area (Å²) >= 11 is 4.98. The third-order valence-electron chi connectivity index (χ3n) is 2.00. The molecular formula is C7H14N2S. The van der Waals surface area contributed by atoms with Gasteiger partial charge < -0.3 is 10.6 Å². The van der Waals surface area contributed by atoms with Gasteiger partial charge >= 0.3 is 0 Å². The molecule has 0 aromatic heterocycles. The van der Waals surface area contributed by atoms with Gasteiger partial charge in [0, 0.05) is 12.1 Å². The van der Waals surface area contributed by atoms with Crippen molar-refractivity contribution in [3.63, 3.8) is 0 Å². The Labute approximate surface area is 67.4 Å². The van der Waals surface area contributed by atoms with Crippen LogP contribution in [-0.2, 0) is 0 Å². The Morgan fingerprint density at radius 2 is 1.60 bits per heavy atom. The quantitative estimate of drug-likeness (QED) is 0.587. The fourth-order valence-electron chi connectivity index (χ4n) is 1.35. The average Bonchev–Trinajstić information content (AvgIpc) is 2.30. The van der Waals surface area contributed by atoms with Crippen molar-refractivity contribution in [3.05, 3.63) is 0 Å². The van der Waals surface area contributed by atoms with Crippen LogP contribution in [0.3, 0.4) is 0 Å². The Morgan fingerprint density at radius 1 is 1.20 bits per heavy atom. The number of hydrogen-bond acceptors (Lipinski definition) is 1. The molecule has 0 spiro atoms. The van der Waals surface area contributed by atoms with E-state index in [1.54, 1.807) is 0 Å². The summed E-state index contributed by atoms with van der Waals surface area (Å²) in [6, 6.07) is 1.11. The third-order valence-corrected chi connectivity index (χ3v) is 2.23. The molecule has 3 heteroatoms. The molecule has 0 aliphatic carbocycles. The van der Waals surface area contributed by atoms with E-state index in [9.17, 15) is 0 Å². The first-order valence-electron chi connectivity index (χ1n) is 3.85. The maximum absolute atomic E-state index is 4.98. The van der Waals surface area contributed by atoms with Crippen molar-refractivity contribution in [3.8, 4) is 0 Å². The van der Waals surface area contributed by atoms with E-state index >= 15 is 0 Å². The second-order valence-corrected chi connectivity index (χ2v) is 3.06. The van der Waals surface area contributed by atoms with Crippen molar-refractivity contribution in [2.24, 2.45) is 0 Å². The average molecular weight is 158 g/mol. The first-order valence-corrected chi connectivity index (χ1v) is 4.25. The summed E-state index contributed by atoms with van der Waals surface area (Å²) in [5.74, 6) is 0. The minimum Gasteiger partial charge on any atom is -0.358 e. The molecule has 2 nitrogen and oxygen atoms in total. The SMILES string of the molecule is CCC1NC(=S)NC1CC. The normalized spacial score (nSPS) is 31.6. The maximum Gasteiger partial charge on any atom is 0.166 e. The van der Waals surface area contributed by atoms with Gasteiger partial charge in [-0.05, 0) is 25.1 Å². The van der Waals surface area contributed by atoms with E-state index in [4.69, 9.17) is 12.2 Å². The van der Waals surface area contributed by atoms with Crippen LogP contribution in [-0.4, -0.2) is 17.2 Å². The van der Waals surface area contributed by atoms with E-state index in [1.165, 1.54) is 0 Å².